The molecule has 1 fully saturated rings. The molecule has 184 valence electrons. The maximum atomic E-state index is 13.0. The second-order valence-corrected chi connectivity index (χ2v) is 9.29. The third kappa shape index (κ3) is 5.83. The molecule has 3 amide bonds. The molecule has 3 heterocycles. The standard InChI is InChI=1S/C23H27N7O4S/c1-3-24-21(33)15-5-4-10-29(11-15)23-28-20-19(35-23)22(34)30(13-25-20)12-18(32)27-17-8-6-16(7-9-17)26-14(2)31/h6-9,13,15H,3-5,10-12H2,1-2H3,(H,24,33)(H,26,31)(H,27,32)/t15-/m1/s1. The molecule has 3 aromatic rings. The van der Waals surface area contributed by atoms with Crippen molar-refractivity contribution in [3.05, 3.63) is 40.9 Å². The maximum absolute atomic E-state index is 13.0. The molecule has 0 saturated carbocycles. The number of carbonyl (C=O) groups excluding carboxylic acids is 3. The topological polar surface area (TPSA) is 138 Å². The van der Waals surface area contributed by atoms with E-state index in [1.165, 1.54) is 29.2 Å². The normalized spacial score (nSPS) is 15.6. The first-order valence-corrected chi connectivity index (χ1v) is 12.2. The number of nitrogens with zero attached hydrogens (tertiary/aromatic N) is 4. The van der Waals surface area contributed by atoms with Crippen LogP contribution in [0.4, 0.5) is 16.5 Å². The minimum absolute atomic E-state index is 0.0366. The number of benzene rings is 1. The van der Waals surface area contributed by atoms with E-state index in [-0.39, 0.29) is 35.7 Å². The molecule has 0 aliphatic carbocycles. The number of fused-ring (bicyclic) bond motifs is 1. The first-order valence-electron chi connectivity index (χ1n) is 11.4. The molecule has 35 heavy (non-hydrogen) atoms. The first kappa shape index (κ1) is 24.3. The van der Waals surface area contributed by atoms with Gasteiger partial charge in [-0.2, -0.15) is 4.98 Å². The fourth-order valence-corrected chi connectivity index (χ4v) is 4.97. The molecule has 1 aliphatic heterocycles. The summed E-state index contributed by atoms with van der Waals surface area (Å²) in [6.07, 6.45) is 3.01. The van der Waals surface area contributed by atoms with E-state index in [0.29, 0.717) is 39.9 Å². The number of rotatable bonds is 7. The van der Waals surface area contributed by atoms with Crippen LogP contribution in [-0.4, -0.2) is 51.9 Å². The number of carbonyl (C=O) groups is 3. The molecule has 2 aromatic heterocycles. The summed E-state index contributed by atoms with van der Waals surface area (Å²) < 4.78 is 1.62. The van der Waals surface area contributed by atoms with Gasteiger partial charge in [0.05, 0.1) is 5.92 Å². The largest absolute Gasteiger partial charge is 0.356 e. The van der Waals surface area contributed by atoms with Crippen molar-refractivity contribution in [1.82, 2.24) is 19.9 Å². The smallest absolute Gasteiger partial charge is 0.273 e. The number of anilines is 3. The zero-order valence-corrected chi connectivity index (χ0v) is 20.4. The van der Waals surface area contributed by atoms with E-state index < -0.39 is 0 Å². The lowest BCUT2D eigenvalue weighted by Gasteiger charge is -2.31. The van der Waals surface area contributed by atoms with Gasteiger partial charge in [0.25, 0.3) is 5.56 Å². The van der Waals surface area contributed by atoms with Gasteiger partial charge in [-0.15, -0.1) is 0 Å². The molecular weight excluding hydrogens is 470 g/mol. The van der Waals surface area contributed by atoms with Crippen molar-refractivity contribution in [2.75, 3.05) is 35.2 Å². The molecule has 11 nitrogen and oxygen atoms in total. The van der Waals surface area contributed by atoms with Crippen LogP contribution < -0.4 is 26.4 Å². The molecule has 0 bridgehead atoms. The van der Waals surface area contributed by atoms with E-state index >= 15 is 0 Å². The van der Waals surface area contributed by atoms with Gasteiger partial charge in [-0.1, -0.05) is 11.3 Å². The van der Waals surface area contributed by atoms with Crippen molar-refractivity contribution >= 4 is 55.9 Å². The summed E-state index contributed by atoms with van der Waals surface area (Å²) in [5.41, 5.74) is 1.15. The van der Waals surface area contributed by atoms with Crippen molar-refractivity contribution in [3.63, 3.8) is 0 Å². The third-order valence-electron chi connectivity index (χ3n) is 5.59. The average molecular weight is 498 g/mol. The van der Waals surface area contributed by atoms with Gasteiger partial charge in [0.2, 0.25) is 17.7 Å². The highest BCUT2D eigenvalue weighted by atomic mass is 32.1. The molecular formula is C23H27N7O4S. The minimum Gasteiger partial charge on any atom is -0.356 e. The lowest BCUT2D eigenvalue weighted by molar-refractivity contribution is -0.125. The molecule has 0 radical (unpaired) electrons. The Hall–Kier alpha value is -3.80. The Morgan fingerprint density at radius 2 is 1.86 bits per heavy atom. The van der Waals surface area contributed by atoms with E-state index in [0.717, 1.165) is 19.4 Å². The number of amides is 3. The Balaban J connectivity index is 1.45. The first-order chi connectivity index (χ1) is 16.8. The predicted molar refractivity (Wildman–Crippen MR) is 135 cm³/mol. The summed E-state index contributed by atoms with van der Waals surface area (Å²) in [4.78, 5) is 59.7. The Kier molecular flexibility index (Phi) is 7.39. The maximum Gasteiger partial charge on any atom is 0.273 e. The van der Waals surface area contributed by atoms with Crippen molar-refractivity contribution in [1.29, 1.82) is 0 Å². The fraction of sp³-hybridized carbons (Fsp3) is 0.391. The molecule has 3 N–H and O–H groups in total. The summed E-state index contributed by atoms with van der Waals surface area (Å²) in [5.74, 6) is -0.644. The van der Waals surface area contributed by atoms with Crippen LogP contribution in [0.5, 0.6) is 0 Å². The number of hydrogen-bond donors (Lipinski definition) is 3. The van der Waals surface area contributed by atoms with Crippen LogP contribution in [0, 0.1) is 5.92 Å². The predicted octanol–water partition coefficient (Wildman–Crippen LogP) is 1.80. The van der Waals surface area contributed by atoms with Crippen LogP contribution in [0.1, 0.15) is 26.7 Å². The van der Waals surface area contributed by atoms with Crippen molar-refractivity contribution in [2.45, 2.75) is 33.2 Å². The van der Waals surface area contributed by atoms with Crippen molar-refractivity contribution in [3.8, 4) is 0 Å². The van der Waals surface area contributed by atoms with Crippen LogP contribution in [0.15, 0.2) is 35.4 Å². The molecule has 0 unspecified atom stereocenters. The van der Waals surface area contributed by atoms with E-state index in [9.17, 15) is 19.2 Å². The highest BCUT2D eigenvalue weighted by Gasteiger charge is 2.27. The molecule has 1 aromatic carbocycles. The van der Waals surface area contributed by atoms with Gasteiger partial charge in [-0.05, 0) is 44.0 Å². The second kappa shape index (κ2) is 10.6. The number of piperidine rings is 1. The highest BCUT2D eigenvalue weighted by Crippen LogP contribution is 2.29. The number of aromatic nitrogens is 3. The summed E-state index contributed by atoms with van der Waals surface area (Å²) in [6, 6.07) is 6.67. The highest BCUT2D eigenvalue weighted by molar-refractivity contribution is 7.22. The Labute approximate surface area is 205 Å². The van der Waals surface area contributed by atoms with E-state index in [1.807, 2.05) is 11.8 Å². The Morgan fingerprint density at radius 1 is 1.14 bits per heavy atom. The van der Waals surface area contributed by atoms with Gasteiger partial charge in [-0.3, -0.25) is 23.7 Å². The minimum atomic E-state index is -0.383. The quantitative estimate of drug-likeness (QED) is 0.452. The molecule has 1 aliphatic rings. The van der Waals surface area contributed by atoms with Gasteiger partial charge in [0, 0.05) is 37.9 Å². The zero-order valence-electron chi connectivity index (χ0n) is 19.5. The van der Waals surface area contributed by atoms with Crippen LogP contribution in [0.3, 0.4) is 0 Å². The number of thiazole rings is 1. The van der Waals surface area contributed by atoms with E-state index in [2.05, 4.69) is 25.9 Å². The van der Waals surface area contributed by atoms with Crippen molar-refractivity contribution in [2.24, 2.45) is 5.92 Å². The molecule has 4 rings (SSSR count). The lowest BCUT2D eigenvalue weighted by atomic mass is 9.97. The van der Waals surface area contributed by atoms with Crippen molar-refractivity contribution < 1.29 is 14.4 Å². The molecule has 1 saturated heterocycles. The van der Waals surface area contributed by atoms with Crippen LogP contribution in [0.2, 0.25) is 0 Å². The number of nitrogens with one attached hydrogen (secondary N) is 3. The van der Waals surface area contributed by atoms with Crippen LogP contribution in [-0.2, 0) is 20.9 Å². The van der Waals surface area contributed by atoms with Gasteiger partial charge in [-0.25, -0.2) is 4.98 Å². The number of hydrogen-bond acceptors (Lipinski definition) is 8. The zero-order chi connectivity index (χ0) is 24.9. The van der Waals surface area contributed by atoms with Gasteiger partial charge in [0.15, 0.2) is 10.8 Å². The SMILES string of the molecule is CCNC(=O)[C@@H]1CCCN(c2nc3ncn(CC(=O)Nc4ccc(NC(C)=O)cc4)c(=O)c3s2)C1. The van der Waals surface area contributed by atoms with Gasteiger partial charge >= 0.3 is 0 Å². The second-order valence-electron chi connectivity index (χ2n) is 8.31. The summed E-state index contributed by atoms with van der Waals surface area (Å²) in [5, 5.41) is 8.91. The Morgan fingerprint density at radius 3 is 2.54 bits per heavy atom. The van der Waals surface area contributed by atoms with E-state index in [1.54, 1.807) is 24.3 Å². The summed E-state index contributed by atoms with van der Waals surface area (Å²) in [6.45, 7) is 5.00. The lowest BCUT2D eigenvalue weighted by Crippen LogP contribution is -2.43. The van der Waals surface area contributed by atoms with Crippen LogP contribution >= 0.6 is 11.3 Å². The Bertz CT molecular complexity index is 1300. The van der Waals surface area contributed by atoms with E-state index in [4.69, 9.17) is 0 Å². The molecule has 0 spiro atoms. The fourth-order valence-electron chi connectivity index (χ4n) is 3.96. The monoisotopic (exact) mass is 497 g/mol. The molecule has 12 heteroatoms. The summed E-state index contributed by atoms with van der Waals surface area (Å²) >= 11 is 1.23. The molecule has 1 atom stereocenters. The third-order valence-corrected chi connectivity index (χ3v) is 6.68. The van der Waals surface area contributed by atoms with Gasteiger partial charge in [0.1, 0.15) is 17.6 Å². The summed E-state index contributed by atoms with van der Waals surface area (Å²) in [7, 11) is 0. The van der Waals surface area contributed by atoms with Crippen LogP contribution in [0.25, 0.3) is 10.3 Å². The average Bonchev–Trinajstić information content (AvgIpc) is 3.27. The van der Waals surface area contributed by atoms with Gasteiger partial charge < -0.3 is 20.9 Å².